The summed E-state index contributed by atoms with van der Waals surface area (Å²) in [6.07, 6.45) is 0.264. The molecule has 0 saturated carbocycles. The molecule has 0 unspecified atom stereocenters. The van der Waals surface area contributed by atoms with Crippen LogP contribution in [0.15, 0.2) is 35.3 Å². The van der Waals surface area contributed by atoms with E-state index in [4.69, 9.17) is 22.4 Å². The Balaban J connectivity index is 2.22. The van der Waals surface area contributed by atoms with Crippen molar-refractivity contribution in [2.24, 2.45) is 10.9 Å². The molecule has 2 amide bonds. The first-order chi connectivity index (χ1) is 12.3. The first kappa shape index (κ1) is 19.2. The second-order valence-electron chi connectivity index (χ2n) is 5.37. The lowest BCUT2D eigenvalue weighted by Gasteiger charge is -2.30. The van der Waals surface area contributed by atoms with Crippen LogP contribution in [0.25, 0.3) is 0 Å². The third kappa shape index (κ3) is 4.48. The maximum absolute atomic E-state index is 12.6. The van der Waals surface area contributed by atoms with Crippen molar-refractivity contribution in [3.63, 3.8) is 0 Å². The Kier molecular flexibility index (Phi) is 6.12. The predicted molar refractivity (Wildman–Crippen MR) is 94.9 cm³/mol. The van der Waals surface area contributed by atoms with Gasteiger partial charge in [0.1, 0.15) is 6.04 Å². The zero-order valence-corrected chi connectivity index (χ0v) is 14.2. The van der Waals surface area contributed by atoms with Crippen LogP contribution in [0.4, 0.5) is 5.69 Å². The summed E-state index contributed by atoms with van der Waals surface area (Å²) in [4.78, 5) is 51.3. The van der Waals surface area contributed by atoms with E-state index in [-0.39, 0.29) is 11.5 Å². The molecule has 26 heavy (non-hydrogen) atoms. The molecular formula is C16H15N3O6S. The van der Waals surface area contributed by atoms with E-state index in [2.05, 4.69) is 10.3 Å². The summed E-state index contributed by atoms with van der Waals surface area (Å²) in [5, 5.41) is 20.0. The number of aliphatic carboxylic acids is 2. The number of anilines is 1. The number of rotatable bonds is 7. The molecule has 0 aromatic heterocycles. The van der Waals surface area contributed by atoms with Crippen molar-refractivity contribution >= 4 is 53.0 Å². The molecule has 1 aromatic rings. The highest BCUT2D eigenvalue weighted by Gasteiger charge is 2.38. The average Bonchev–Trinajstić information content (AvgIpc) is 2.57. The number of para-hydroxylation sites is 1. The number of carbonyl (C=O) groups excluding carboxylic acids is 2. The number of carboxylic acid groups (broad SMARTS) is 2. The topological polar surface area (TPSA) is 136 Å². The van der Waals surface area contributed by atoms with E-state index in [1.807, 2.05) is 0 Å². The van der Waals surface area contributed by atoms with Crippen molar-refractivity contribution < 1.29 is 29.4 Å². The van der Waals surface area contributed by atoms with Crippen LogP contribution in [-0.4, -0.2) is 51.3 Å². The Bertz CT molecular complexity index is 779. The summed E-state index contributed by atoms with van der Waals surface area (Å²) in [5.41, 5.74) is 0.446. The number of amides is 2. The van der Waals surface area contributed by atoms with Crippen molar-refractivity contribution in [1.82, 2.24) is 5.32 Å². The third-order valence-electron chi connectivity index (χ3n) is 3.55. The van der Waals surface area contributed by atoms with Crippen LogP contribution in [0.1, 0.15) is 12.8 Å². The maximum Gasteiger partial charge on any atom is 0.328 e. The molecule has 0 aliphatic carbocycles. The van der Waals surface area contributed by atoms with Gasteiger partial charge in [0.15, 0.2) is 11.0 Å². The summed E-state index contributed by atoms with van der Waals surface area (Å²) in [6.45, 7) is 0. The normalized spacial score (nSPS) is 18.7. The van der Waals surface area contributed by atoms with Crippen LogP contribution in [0.5, 0.6) is 0 Å². The molecule has 1 aromatic carbocycles. The van der Waals surface area contributed by atoms with E-state index in [1.54, 1.807) is 30.3 Å². The Labute approximate surface area is 153 Å². The summed E-state index contributed by atoms with van der Waals surface area (Å²) < 4.78 is 0. The average molecular weight is 377 g/mol. The Morgan fingerprint density at radius 1 is 1.27 bits per heavy atom. The lowest BCUT2D eigenvalue weighted by molar-refractivity contribution is -0.140. The van der Waals surface area contributed by atoms with Crippen molar-refractivity contribution in [3.05, 3.63) is 30.3 Å². The van der Waals surface area contributed by atoms with Crippen LogP contribution < -0.4 is 10.2 Å². The van der Waals surface area contributed by atoms with E-state index in [0.29, 0.717) is 5.69 Å². The van der Waals surface area contributed by atoms with Gasteiger partial charge in [0.25, 0.3) is 5.91 Å². The number of hydrogen-bond donors (Lipinski definition) is 3. The third-order valence-corrected chi connectivity index (χ3v) is 3.83. The fourth-order valence-electron chi connectivity index (χ4n) is 2.26. The smallest absolute Gasteiger partial charge is 0.328 e. The van der Waals surface area contributed by atoms with Gasteiger partial charge in [-0.05, 0) is 30.8 Å². The zero-order chi connectivity index (χ0) is 19.3. The van der Waals surface area contributed by atoms with Crippen LogP contribution >= 0.6 is 12.2 Å². The molecule has 1 aliphatic heterocycles. The van der Waals surface area contributed by atoms with Gasteiger partial charge in [0, 0.05) is 12.6 Å². The minimum Gasteiger partial charge on any atom is -0.481 e. The first-order valence-electron chi connectivity index (χ1n) is 7.53. The van der Waals surface area contributed by atoms with Crippen molar-refractivity contribution in [2.45, 2.75) is 18.9 Å². The second kappa shape index (κ2) is 8.30. The van der Waals surface area contributed by atoms with Crippen LogP contribution in [-0.2, 0) is 19.2 Å². The molecule has 9 nitrogen and oxygen atoms in total. The summed E-state index contributed by atoms with van der Waals surface area (Å²) in [6, 6.07) is 7.02. The molecule has 2 atom stereocenters. The van der Waals surface area contributed by atoms with Gasteiger partial charge in [0.2, 0.25) is 5.91 Å². The monoisotopic (exact) mass is 377 g/mol. The van der Waals surface area contributed by atoms with Crippen molar-refractivity contribution in [3.8, 4) is 0 Å². The second-order valence-corrected chi connectivity index (χ2v) is 5.75. The van der Waals surface area contributed by atoms with Gasteiger partial charge in [-0.2, -0.15) is 0 Å². The molecule has 0 spiro atoms. The minimum atomic E-state index is -1.37. The molecule has 2 rings (SSSR count). The minimum absolute atomic E-state index is 0.0866. The number of carboxylic acids is 2. The Morgan fingerprint density at radius 3 is 2.50 bits per heavy atom. The highest BCUT2D eigenvalue weighted by Crippen LogP contribution is 2.20. The molecule has 1 heterocycles. The van der Waals surface area contributed by atoms with Gasteiger partial charge in [0.05, 0.1) is 5.69 Å². The van der Waals surface area contributed by atoms with Crippen LogP contribution in [0, 0.1) is 5.92 Å². The van der Waals surface area contributed by atoms with Gasteiger partial charge >= 0.3 is 11.9 Å². The largest absolute Gasteiger partial charge is 0.481 e. The molecule has 10 heteroatoms. The number of benzene rings is 1. The van der Waals surface area contributed by atoms with E-state index in [0.717, 1.165) is 11.1 Å². The van der Waals surface area contributed by atoms with E-state index in [9.17, 15) is 19.2 Å². The molecule has 0 radical (unpaired) electrons. The highest BCUT2D eigenvalue weighted by molar-refractivity contribution is 7.80. The molecule has 1 saturated heterocycles. The van der Waals surface area contributed by atoms with Gasteiger partial charge in [-0.1, -0.05) is 18.2 Å². The van der Waals surface area contributed by atoms with Gasteiger partial charge in [-0.25, -0.2) is 4.79 Å². The van der Waals surface area contributed by atoms with Crippen LogP contribution in [0.3, 0.4) is 0 Å². The zero-order valence-electron chi connectivity index (χ0n) is 13.4. The molecular weight excluding hydrogens is 362 g/mol. The molecule has 0 bridgehead atoms. The van der Waals surface area contributed by atoms with Gasteiger partial charge in [-0.3, -0.25) is 24.3 Å². The van der Waals surface area contributed by atoms with Crippen molar-refractivity contribution in [1.29, 1.82) is 0 Å². The number of thiocarbonyl (C=S) groups is 1. The van der Waals surface area contributed by atoms with E-state index < -0.39 is 42.1 Å². The summed E-state index contributed by atoms with van der Waals surface area (Å²) >= 11 is 5.03. The molecule has 136 valence electrons. The number of nitrogens with one attached hydrogen (secondary N) is 1. The van der Waals surface area contributed by atoms with Crippen molar-refractivity contribution in [2.75, 3.05) is 4.90 Å². The lowest BCUT2D eigenvalue weighted by Crippen LogP contribution is -2.58. The first-order valence-corrected chi connectivity index (χ1v) is 7.94. The fraction of sp³-hybridized carbons (Fsp3) is 0.250. The number of nitrogens with zero attached hydrogens (tertiary/aromatic N) is 2. The number of hydrogen-bond acceptors (Lipinski definition) is 6. The lowest BCUT2D eigenvalue weighted by atomic mass is 10.1. The number of aliphatic imine (C=N–C) groups is 1. The van der Waals surface area contributed by atoms with Gasteiger partial charge < -0.3 is 15.5 Å². The molecule has 1 fully saturated rings. The molecule has 1 aliphatic rings. The van der Waals surface area contributed by atoms with Crippen LogP contribution in [0.2, 0.25) is 0 Å². The number of carbonyl (C=O) groups is 4. The van der Waals surface area contributed by atoms with E-state index >= 15 is 0 Å². The SMILES string of the molecule is O=C(O)CC[C@H](N=C[C@@H]1C(=O)NC(=S)N(c2ccccc2)C1=O)C(=O)O. The van der Waals surface area contributed by atoms with Gasteiger partial charge in [-0.15, -0.1) is 0 Å². The Hall–Kier alpha value is -3.14. The highest BCUT2D eigenvalue weighted by atomic mass is 32.1. The summed E-state index contributed by atoms with van der Waals surface area (Å²) in [5.74, 6) is -5.27. The fourth-order valence-corrected chi connectivity index (χ4v) is 2.55. The predicted octanol–water partition coefficient (Wildman–Crippen LogP) is 0.439. The molecule has 3 N–H and O–H groups in total. The maximum atomic E-state index is 12.6. The van der Waals surface area contributed by atoms with E-state index in [1.165, 1.54) is 0 Å². The summed E-state index contributed by atoms with van der Waals surface area (Å²) in [7, 11) is 0. The Morgan fingerprint density at radius 2 is 1.92 bits per heavy atom. The quantitative estimate of drug-likeness (QED) is 0.356. The standard InChI is InChI=1S/C16H15N3O6S/c20-12(21)7-6-11(15(24)25)17-8-10-13(22)18-16(26)19(14(10)23)9-4-2-1-3-5-9/h1-5,8,10-11H,6-7H2,(H,20,21)(H,24,25)(H,18,22,26)/t10-,11+/m1/s1.